The minimum atomic E-state index is -1.01. The Labute approximate surface area is 263 Å². The van der Waals surface area contributed by atoms with E-state index in [2.05, 4.69) is 20.2 Å². The van der Waals surface area contributed by atoms with Gasteiger partial charge in [0.25, 0.3) is 0 Å². The quantitative estimate of drug-likeness (QED) is 0.191. The van der Waals surface area contributed by atoms with Crippen LogP contribution in [-0.4, -0.2) is 108 Å². The van der Waals surface area contributed by atoms with Crippen LogP contribution < -0.4 is 19.7 Å². The van der Waals surface area contributed by atoms with Crippen molar-refractivity contribution in [3.63, 3.8) is 0 Å². The van der Waals surface area contributed by atoms with E-state index in [0.29, 0.717) is 50.5 Å². The van der Waals surface area contributed by atoms with Gasteiger partial charge in [0.05, 0.1) is 57.3 Å². The van der Waals surface area contributed by atoms with Crippen LogP contribution in [0.25, 0.3) is 0 Å². The summed E-state index contributed by atoms with van der Waals surface area (Å²) in [7, 11) is 0. The number of aliphatic hydroxyl groups excluding tert-OH is 3. The minimum absolute atomic E-state index is 0.112. The van der Waals surface area contributed by atoms with Crippen LogP contribution in [0.5, 0.6) is 11.5 Å². The van der Waals surface area contributed by atoms with Crippen molar-refractivity contribution in [2.75, 3.05) is 77.2 Å². The molecule has 1 aromatic carbocycles. The summed E-state index contributed by atoms with van der Waals surface area (Å²) >= 11 is 0. The summed E-state index contributed by atoms with van der Waals surface area (Å²) in [4.78, 5) is 25.4. The lowest BCUT2D eigenvalue weighted by Crippen LogP contribution is -2.44. The lowest BCUT2D eigenvalue weighted by atomic mass is 9.91. The number of halogens is 2. The minimum Gasteiger partial charge on any atom is -0.493 e. The molecule has 11 nitrogen and oxygen atoms in total. The van der Waals surface area contributed by atoms with Gasteiger partial charge in [-0.25, -0.2) is 18.7 Å². The highest BCUT2D eigenvalue weighted by molar-refractivity contribution is 5.79. The van der Waals surface area contributed by atoms with Gasteiger partial charge in [-0.05, 0) is 57.4 Å². The van der Waals surface area contributed by atoms with E-state index in [1.165, 1.54) is 0 Å². The molecular formula is C32H47F2N5O6. The zero-order valence-electron chi connectivity index (χ0n) is 26.1. The van der Waals surface area contributed by atoms with Crippen molar-refractivity contribution in [3.05, 3.63) is 41.7 Å². The van der Waals surface area contributed by atoms with Crippen LogP contribution in [0.4, 0.5) is 14.7 Å². The van der Waals surface area contributed by atoms with Crippen LogP contribution in [0.3, 0.4) is 0 Å². The van der Waals surface area contributed by atoms with Crippen molar-refractivity contribution >= 4 is 11.9 Å². The van der Waals surface area contributed by atoms with Crippen molar-refractivity contribution in [1.29, 1.82) is 0 Å². The predicted octanol–water partition coefficient (Wildman–Crippen LogP) is 2.17. The van der Waals surface area contributed by atoms with Gasteiger partial charge in [0.15, 0.2) is 5.75 Å². The first-order valence-electron chi connectivity index (χ1n) is 15.9. The predicted molar refractivity (Wildman–Crippen MR) is 164 cm³/mol. The molecule has 0 bridgehead atoms. The zero-order chi connectivity index (χ0) is 32.2. The maximum Gasteiger partial charge on any atom is 0.227 e. The highest BCUT2D eigenvalue weighted by atomic mass is 19.1. The fourth-order valence-corrected chi connectivity index (χ4v) is 5.88. The van der Waals surface area contributed by atoms with E-state index in [0.717, 1.165) is 57.3 Å². The molecule has 2 aliphatic rings. The van der Waals surface area contributed by atoms with Gasteiger partial charge in [-0.2, -0.15) is 0 Å². The topological polar surface area (TPSA) is 141 Å². The second kappa shape index (κ2) is 17.0. The number of carbonyl (C=O) groups is 1. The van der Waals surface area contributed by atoms with Crippen LogP contribution >= 0.6 is 0 Å². The molecule has 0 saturated carbocycles. The monoisotopic (exact) mass is 635 g/mol. The van der Waals surface area contributed by atoms with Gasteiger partial charge in [-0.3, -0.25) is 4.79 Å². The molecule has 2 saturated heterocycles. The Balaban J connectivity index is 1.15. The number of anilines is 1. The molecule has 250 valence electrons. The number of hydrogen-bond acceptors (Lipinski definition) is 10. The molecule has 13 heteroatoms. The first kappa shape index (κ1) is 34.7. The highest BCUT2D eigenvalue weighted by Gasteiger charge is 2.31. The van der Waals surface area contributed by atoms with E-state index in [1.807, 2.05) is 6.92 Å². The third kappa shape index (κ3) is 9.68. The number of amides is 1. The second-order valence-electron chi connectivity index (χ2n) is 12.2. The number of piperidine rings is 1. The largest absolute Gasteiger partial charge is 0.493 e. The summed E-state index contributed by atoms with van der Waals surface area (Å²) in [6.07, 6.45) is 7.47. The lowest BCUT2D eigenvalue weighted by Gasteiger charge is -2.32. The zero-order valence-corrected chi connectivity index (χ0v) is 26.1. The lowest BCUT2D eigenvalue weighted by molar-refractivity contribution is -0.129. The van der Waals surface area contributed by atoms with Crippen LogP contribution in [0, 0.1) is 28.9 Å². The number of aromatic nitrogens is 2. The maximum absolute atomic E-state index is 14.9. The van der Waals surface area contributed by atoms with E-state index in [9.17, 15) is 28.9 Å². The normalized spacial score (nSPS) is 17.6. The van der Waals surface area contributed by atoms with Crippen molar-refractivity contribution in [2.45, 2.75) is 45.4 Å². The number of carbonyl (C=O) groups excluding carboxylic acids is 1. The standard InChI is InChI=1S/C32H47F2N5O6/c1-2-44-26-16-36-31(37-17-26)38-8-5-23(6-9-38)4-3-11-45-25-12-28(33)27(29(34)13-25)14-30(43)39-10-7-24(18-39)15-35-19-32(20-40,21-41)22-42/h12-13,16-17,23-24,35,40-42H,2-11,14-15,18-22H2,1H3/t24-/m0/s1. The smallest absolute Gasteiger partial charge is 0.227 e. The van der Waals surface area contributed by atoms with Crippen LogP contribution in [-0.2, 0) is 11.2 Å². The fraction of sp³-hybridized carbons (Fsp3) is 0.656. The Morgan fingerprint density at radius 2 is 1.62 bits per heavy atom. The molecular weight excluding hydrogens is 588 g/mol. The third-order valence-electron chi connectivity index (χ3n) is 8.87. The van der Waals surface area contributed by atoms with E-state index >= 15 is 0 Å². The average Bonchev–Trinajstić information content (AvgIpc) is 3.53. The summed E-state index contributed by atoms with van der Waals surface area (Å²) in [6, 6.07) is 2.29. The van der Waals surface area contributed by atoms with Gasteiger partial charge >= 0.3 is 0 Å². The van der Waals surface area contributed by atoms with Crippen LogP contribution in [0.1, 0.15) is 44.6 Å². The summed E-state index contributed by atoms with van der Waals surface area (Å²) in [5.74, 6) is 0.184. The number of benzene rings is 1. The number of hydrogen-bond donors (Lipinski definition) is 4. The number of ether oxygens (including phenoxy) is 2. The molecule has 1 aromatic heterocycles. The van der Waals surface area contributed by atoms with Gasteiger partial charge < -0.3 is 39.9 Å². The number of rotatable bonds is 17. The van der Waals surface area contributed by atoms with E-state index in [4.69, 9.17) is 9.47 Å². The molecule has 2 fully saturated rings. The van der Waals surface area contributed by atoms with Crippen LogP contribution in [0.2, 0.25) is 0 Å². The molecule has 3 heterocycles. The molecule has 1 amide bonds. The molecule has 0 aliphatic carbocycles. The van der Waals surface area contributed by atoms with Gasteiger partial charge in [0.1, 0.15) is 17.4 Å². The molecule has 0 unspecified atom stereocenters. The molecule has 2 aliphatic heterocycles. The SMILES string of the molecule is CCOc1cnc(N2CCC(CCCOc3cc(F)c(CC(=O)N4CC[C@@H](CNCC(CO)(CO)CO)C4)c(F)c3)CC2)nc1. The second-order valence-corrected chi connectivity index (χ2v) is 12.2. The van der Waals surface area contributed by atoms with Crippen molar-refractivity contribution in [3.8, 4) is 11.5 Å². The number of nitrogens with one attached hydrogen (secondary N) is 1. The van der Waals surface area contributed by atoms with E-state index in [1.54, 1.807) is 17.3 Å². The Morgan fingerprint density at radius 1 is 0.978 bits per heavy atom. The van der Waals surface area contributed by atoms with Gasteiger partial charge in [-0.1, -0.05) is 0 Å². The van der Waals surface area contributed by atoms with Gasteiger partial charge in [-0.15, -0.1) is 0 Å². The Kier molecular flexibility index (Phi) is 13.1. The first-order chi connectivity index (χ1) is 21.8. The van der Waals surface area contributed by atoms with Crippen LogP contribution in [0.15, 0.2) is 24.5 Å². The van der Waals surface area contributed by atoms with Crippen molar-refractivity contribution in [1.82, 2.24) is 20.2 Å². The Morgan fingerprint density at radius 3 is 2.24 bits per heavy atom. The number of nitrogens with zero attached hydrogens (tertiary/aromatic N) is 4. The van der Waals surface area contributed by atoms with E-state index in [-0.39, 0.29) is 55.9 Å². The summed E-state index contributed by atoms with van der Waals surface area (Å²) in [5, 5.41) is 31.5. The molecule has 0 radical (unpaired) electrons. The molecule has 4 rings (SSSR count). The highest BCUT2D eigenvalue weighted by Crippen LogP contribution is 2.27. The summed E-state index contributed by atoms with van der Waals surface area (Å²) < 4.78 is 40.8. The molecule has 4 N–H and O–H groups in total. The van der Waals surface area contributed by atoms with E-state index < -0.39 is 17.0 Å². The van der Waals surface area contributed by atoms with Gasteiger partial charge in [0, 0.05) is 50.4 Å². The summed E-state index contributed by atoms with van der Waals surface area (Å²) in [5.41, 5.74) is -1.28. The number of likely N-dealkylation sites (tertiary alicyclic amines) is 1. The third-order valence-corrected chi connectivity index (χ3v) is 8.87. The average molecular weight is 636 g/mol. The Hall–Kier alpha value is -3.13. The molecule has 45 heavy (non-hydrogen) atoms. The first-order valence-corrected chi connectivity index (χ1v) is 15.9. The van der Waals surface area contributed by atoms with Crippen molar-refractivity contribution in [2.24, 2.45) is 17.3 Å². The Bertz CT molecular complexity index is 1180. The van der Waals surface area contributed by atoms with Gasteiger partial charge in [0.2, 0.25) is 11.9 Å². The molecule has 0 spiro atoms. The maximum atomic E-state index is 14.9. The van der Waals surface area contributed by atoms with Crippen molar-refractivity contribution < 1.29 is 38.4 Å². The number of aliphatic hydroxyl groups is 3. The molecule has 2 aromatic rings. The fourth-order valence-electron chi connectivity index (χ4n) is 5.88. The summed E-state index contributed by atoms with van der Waals surface area (Å²) in [6.45, 7) is 5.18. The molecule has 1 atom stereocenters.